The van der Waals surface area contributed by atoms with Crippen LogP contribution in [-0.4, -0.2) is 24.2 Å². The highest BCUT2D eigenvalue weighted by Gasteiger charge is 2.18. The Morgan fingerprint density at radius 3 is 2.55 bits per heavy atom. The normalized spacial score (nSPS) is 14.2. The minimum Gasteiger partial charge on any atom is -0.481 e. The number of aliphatic carboxylic acids is 1. The molecule has 0 fully saturated rings. The van der Waals surface area contributed by atoms with E-state index in [1.165, 1.54) is 5.56 Å². The smallest absolute Gasteiger partial charge is 0.307 e. The van der Waals surface area contributed by atoms with E-state index in [-0.39, 0.29) is 5.92 Å². The van der Waals surface area contributed by atoms with Crippen molar-refractivity contribution in [3.63, 3.8) is 0 Å². The van der Waals surface area contributed by atoms with Crippen molar-refractivity contribution in [1.29, 1.82) is 0 Å². The third-order valence-corrected chi connectivity index (χ3v) is 3.86. The predicted molar refractivity (Wildman–Crippen MR) is 86.0 cm³/mol. The van der Waals surface area contributed by atoms with Gasteiger partial charge in [-0.2, -0.15) is 0 Å². The Labute approximate surface area is 129 Å². The number of halogens is 1. The second kappa shape index (κ2) is 8.42. The van der Waals surface area contributed by atoms with E-state index in [0.29, 0.717) is 24.8 Å². The molecule has 2 unspecified atom stereocenters. The Balaban J connectivity index is 2.44. The van der Waals surface area contributed by atoms with Crippen LogP contribution in [0.25, 0.3) is 0 Å². The van der Waals surface area contributed by atoms with Gasteiger partial charge in [0.15, 0.2) is 0 Å². The molecule has 1 aromatic rings. The first-order valence-electron chi connectivity index (χ1n) is 7.09. The minimum absolute atomic E-state index is 0.301. The molecule has 0 aliphatic heterocycles. The summed E-state index contributed by atoms with van der Waals surface area (Å²) in [6, 6.07) is 8.23. The molecule has 0 amide bonds. The van der Waals surface area contributed by atoms with Crippen LogP contribution in [0, 0.1) is 11.8 Å². The fraction of sp³-hybridized carbons (Fsp3) is 0.562. The molecule has 2 atom stereocenters. The summed E-state index contributed by atoms with van der Waals surface area (Å²) < 4.78 is 1.07. The molecule has 0 saturated heterocycles. The zero-order valence-corrected chi connectivity index (χ0v) is 14.0. The van der Waals surface area contributed by atoms with Gasteiger partial charge in [0.1, 0.15) is 0 Å². The van der Waals surface area contributed by atoms with Crippen LogP contribution in [0.2, 0.25) is 0 Å². The number of carboxylic acids is 1. The van der Waals surface area contributed by atoms with E-state index in [4.69, 9.17) is 0 Å². The maximum absolute atomic E-state index is 11.2. The number of rotatable bonds is 8. The summed E-state index contributed by atoms with van der Waals surface area (Å²) in [4.78, 5) is 11.2. The fourth-order valence-electron chi connectivity index (χ4n) is 2.25. The van der Waals surface area contributed by atoms with Gasteiger partial charge in [0, 0.05) is 17.6 Å². The highest BCUT2D eigenvalue weighted by molar-refractivity contribution is 9.10. The van der Waals surface area contributed by atoms with Crippen LogP contribution in [0.1, 0.15) is 38.7 Å². The number of carbonyl (C=O) groups is 1. The number of benzene rings is 1. The zero-order chi connectivity index (χ0) is 15.1. The molecule has 0 aliphatic carbocycles. The van der Waals surface area contributed by atoms with Crippen LogP contribution in [0.4, 0.5) is 0 Å². The molecule has 112 valence electrons. The summed E-state index contributed by atoms with van der Waals surface area (Å²) in [5, 5.41) is 12.5. The molecule has 0 bridgehead atoms. The zero-order valence-electron chi connectivity index (χ0n) is 12.4. The summed E-state index contributed by atoms with van der Waals surface area (Å²) >= 11 is 3.47. The summed E-state index contributed by atoms with van der Waals surface area (Å²) in [6.07, 6.45) is 0.716. The van der Waals surface area contributed by atoms with Crippen molar-refractivity contribution in [2.24, 2.45) is 11.8 Å². The number of nitrogens with one attached hydrogen (secondary N) is 1. The van der Waals surface area contributed by atoms with Crippen molar-refractivity contribution in [1.82, 2.24) is 5.32 Å². The van der Waals surface area contributed by atoms with Crippen LogP contribution in [0.15, 0.2) is 28.7 Å². The molecule has 1 aromatic carbocycles. The lowest BCUT2D eigenvalue weighted by Gasteiger charge is -2.18. The van der Waals surface area contributed by atoms with Crippen molar-refractivity contribution in [2.45, 2.75) is 33.1 Å². The monoisotopic (exact) mass is 341 g/mol. The molecular weight excluding hydrogens is 318 g/mol. The maximum Gasteiger partial charge on any atom is 0.307 e. The quantitative estimate of drug-likeness (QED) is 0.754. The van der Waals surface area contributed by atoms with Gasteiger partial charge in [-0.05, 0) is 36.0 Å². The van der Waals surface area contributed by atoms with Crippen molar-refractivity contribution < 1.29 is 9.90 Å². The van der Waals surface area contributed by atoms with Gasteiger partial charge in [0.25, 0.3) is 0 Å². The van der Waals surface area contributed by atoms with E-state index in [2.05, 4.69) is 54.2 Å². The van der Waals surface area contributed by atoms with Gasteiger partial charge in [0.05, 0.1) is 5.92 Å². The number of carboxylic acid groups (broad SMARTS) is 1. The lowest BCUT2D eigenvalue weighted by Crippen LogP contribution is -2.31. The Hall–Kier alpha value is -0.870. The van der Waals surface area contributed by atoms with E-state index in [9.17, 15) is 9.90 Å². The highest BCUT2D eigenvalue weighted by Crippen LogP contribution is 2.19. The van der Waals surface area contributed by atoms with Gasteiger partial charge in [-0.3, -0.25) is 4.79 Å². The molecule has 20 heavy (non-hydrogen) atoms. The summed E-state index contributed by atoms with van der Waals surface area (Å²) in [5.41, 5.74) is 1.25. The van der Waals surface area contributed by atoms with E-state index >= 15 is 0 Å². The van der Waals surface area contributed by atoms with Crippen molar-refractivity contribution in [3.05, 3.63) is 34.3 Å². The summed E-state index contributed by atoms with van der Waals surface area (Å²) in [7, 11) is 0. The van der Waals surface area contributed by atoms with Crippen LogP contribution in [0.3, 0.4) is 0 Å². The second-order valence-corrected chi connectivity index (χ2v) is 6.69. The standard InChI is InChI=1S/C16H24BrNO2/c1-11(2)7-14(16(19)20)10-18-9-12(3)13-5-4-6-15(17)8-13/h4-6,8,11-12,14,18H,7,9-10H2,1-3H3,(H,19,20). The average Bonchev–Trinajstić information content (AvgIpc) is 2.36. The Morgan fingerprint density at radius 1 is 1.30 bits per heavy atom. The highest BCUT2D eigenvalue weighted by atomic mass is 79.9. The third-order valence-electron chi connectivity index (χ3n) is 3.36. The molecule has 2 N–H and O–H groups in total. The first-order valence-corrected chi connectivity index (χ1v) is 7.88. The van der Waals surface area contributed by atoms with Crippen molar-refractivity contribution in [2.75, 3.05) is 13.1 Å². The molecule has 0 aliphatic rings. The summed E-state index contributed by atoms with van der Waals surface area (Å²) in [6.45, 7) is 7.58. The molecule has 0 saturated carbocycles. The minimum atomic E-state index is -0.707. The van der Waals surface area contributed by atoms with Gasteiger partial charge in [0.2, 0.25) is 0 Å². The van der Waals surface area contributed by atoms with Crippen LogP contribution < -0.4 is 5.32 Å². The molecule has 4 heteroatoms. The Bertz CT molecular complexity index is 434. The van der Waals surface area contributed by atoms with Crippen molar-refractivity contribution >= 4 is 21.9 Å². The van der Waals surface area contributed by atoms with Crippen molar-refractivity contribution in [3.8, 4) is 0 Å². The first kappa shape index (κ1) is 17.2. The fourth-order valence-corrected chi connectivity index (χ4v) is 2.66. The topological polar surface area (TPSA) is 49.3 Å². The molecular formula is C16H24BrNO2. The van der Waals surface area contributed by atoms with E-state index in [1.54, 1.807) is 0 Å². The van der Waals surface area contributed by atoms with E-state index in [1.807, 2.05) is 12.1 Å². The van der Waals surface area contributed by atoms with Gasteiger partial charge in [-0.25, -0.2) is 0 Å². The first-order chi connectivity index (χ1) is 9.40. The third kappa shape index (κ3) is 6.06. The van der Waals surface area contributed by atoms with Crippen LogP contribution >= 0.6 is 15.9 Å². The van der Waals surface area contributed by atoms with Gasteiger partial charge < -0.3 is 10.4 Å². The van der Waals surface area contributed by atoms with Gasteiger partial charge in [-0.1, -0.05) is 48.8 Å². The molecule has 0 spiro atoms. The molecule has 1 rings (SSSR count). The number of hydrogen-bond donors (Lipinski definition) is 2. The average molecular weight is 342 g/mol. The number of hydrogen-bond acceptors (Lipinski definition) is 2. The molecule has 0 aromatic heterocycles. The van der Waals surface area contributed by atoms with E-state index in [0.717, 1.165) is 11.0 Å². The van der Waals surface area contributed by atoms with Crippen LogP contribution in [0.5, 0.6) is 0 Å². The van der Waals surface area contributed by atoms with Crippen LogP contribution in [-0.2, 0) is 4.79 Å². The lowest BCUT2D eigenvalue weighted by molar-refractivity contribution is -0.142. The second-order valence-electron chi connectivity index (χ2n) is 5.78. The molecule has 0 radical (unpaired) electrons. The SMILES string of the molecule is CC(C)CC(CNCC(C)c1cccc(Br)c1)C(=O)O. The van der Waals surface area contributed by atoms with Gasteiger partial charge >= 0.3 is 5.97 Å². The molecule has 0 heterocycles. The summed E-state index contributed by atoms with van der Waals surface area (Å²) in [5.74, 6) is -0.243. The Kier molecular flexibility index (Phi) is 7.24. The lowest BCUT2D eigenvalue weighted by atomic mass is 9.96. The maximum atomic E-state index is 11.2. The largest absolute Gasteiger partial charge is 0.481 e. The van der Waals surface area contributed by atoms with Gasteiger partial charge in [-0.15, -0.1) is 0 Å². The molecule has 3 nitrogen and oxygen atoms in total. The predicted octanol–water partition coefficient (Wildman–Crippen LogP) is 3.89. The van der Waals surface area contributed by atoms with E-state index < -0.39 is 5.97 Å². The Morgan fingerprint density at radius 2 is 2.00 bits per heavy atom.